The molecule has 0 N–H and O–H groups in total. The highest BCUT2D eigenvalue weighted by Crippen LogP contribution is 2.18. The highest BCUT2D eigenvalue weighted by atomic mass is 32.1. The summed E-state index contributed by atoms with van der Waals surface area (Å²) in [7, 11) is 0. The molecule has 1 aromatic heterocycles. The predicted molar refractivity (Wildman–Crippen MR) is 135 cm³/mol. The van der Waals surface area contributed by atoms with Crippen LogP contribution in [0.25, 0.3) is 0 Å². The van der Waals surface area contributed by atoms with Crippen molar-refractivity contribution in [3.63, 3.8) is 0 Å². The number of thiazole rings is 1. The molecule has 0 saturated heterocycles. The van der Waals surface area contributed by atoms with Gasteiger partial charge in [0.25, 0.3) is 0 Å². The van der Waals surface area contributed by atoms with Crippen LogP contribution in [-0.2, 0) is 24.4 Å². The first-order chi connectivity index (χ1) is 15.9. The topological polar surface area (TPSA) is 45.7 Å². The van der Waals surface area contributed by atoms with E-state index < -0.39 is 0 Å². The normalized spacial score (nSPS) is 11.5. The van der Waals surface area contributed by atoms with Gasteiger partial charge in [-0.2, -0.15) is 0 Å². The van der Waals surface area contributed by atoms with Crippen LogP contribution >= 0.6 is 11.3 Å². The zero-order valence-corrected chi connectivity index (χ0v) is 20.8. The van der Waals surface area contributed by atoms with Crippen molar-refractivity contribution in [3.05, 3.63) is 88.4 Å². The van der Waals surface area contributed by atoms with Crippen molar-refractivity contribution >= 4 is 17.4 Å². The number of aromatic nitrogens is 1. The van der Waals surface area contributed by atoms with Gasteiger partial charge in [-0.25, -0.2) is 4.79 Å². The molecule has 0 spiro atoms. The molecule has 0 radical (unpaired) electrons. The van der Waals surface area contributed by atoms with Crippen molar-refractivity contribution in [2.24, 2.45) is 5.41 Å². The molecule has 0 fully saturated rings. The van der Waals surface area contributed by atoms with Gasteiger partial charge in [-0.1, -0.05) is 81.4 Å². The minimum atomic E-state index is -0.280. The first kappa shape index (κ1) is 24.9. The highest BCUT2D eigenvalue weighted by molar-refractivity contribution is 7.09. The maximum Gasteiger partial charge on any atom is 0.410 e. The minimum Gasteiger partial charge on any atom is -0.445 e. The summed E-state index contributed by atoms with van der Waals surface area (Å²) < 4.78 is 5.63. The van der Waals surface area contributed by atoms with Gasteiger partial charge in [0.15, 0.2) is 0 Å². The van der Waals surface area contributed by atoms with E-state index in [-0.39, 0.29) is 18.1 Å². The smallest absolute Gasteiger partial charge is 0.410 e. The summed E-state index contributed by atoms with van der Waals surface area (Å²) in [4.78, 5) is 22.4. The van der Waals surface area contributed by atoms with Crippen LogP contribution in [0.2, 0.25) is 0 Å². The lowest BCUT2D eigenvalue weighted by Crippen LogP contribution is -2.36. The molecular formula is C27H35N3O2S. The molecule has 176 valence electrons. The Labute approximate surface area is 202 Å². The van der Waals surface area contributed by atoms with Crippen LogP contribution in [0.4, 0.5) is 4.79 Å². The van der Waals surface area contributed by atoms with Gasteiger partial charge in [-0.15, -0.1) is 11.3 Å². The summed E-state index contributed by atoms with van der Waals surface area (Å²) in [6.45, 7) is 11.1. The van der Waals surface area contributed by atoms with Crippen LogP contribution in [0.15, 0.2) is 72.4 Å². The second-order valence-electron chi connectivity index (χ2n) is 9.54. The Kier molecular flexibility index (Phi) is 9.46. The Hall–Kier alpha value is -2.70. The van der Waals surface area contributed by atoms with E-state index in [2.05, 4.69) is 61.0 Å². The molecule has 0 aliphatic rings. The number of ether oxygens (including phenoxy) is 1. The van der Waals surface area contributed by atoms with E-state index in [0.717, 1.165) is 36.5 Å². The van der Waals surface area contributed by atoms with E-state index in [1.807, 2.05) is 36.5 Å². The summed E-state index contributed by atoms with van der Waals surface area (Å²) in [5.74, 6) is 0. The molecule has 6 heteroatoms. The van der Waals surface area contributed by atoms with E-state index >= 15 is 0 Å². The Balaban J connectivity index is 1.59. The Bertz CT molecular complexity index is 941. The van der Waals surface area contributed by atoms with Gasteiger partial charge in [0, 0.05) is 37.3 Å². The average Bonchev–Trinajstić information content (AvgIpc) is 3.30. The first-order valence-corrected chi connectivity index (χ1v) is 12.4. The van der Waals surface area contributed by atoms with Gasteiger partial charge in [0.2, 0.25) is 0 Å². The summed E-state index contributed by atoms with van der Waals surface area (Å²) in [6, 6.07) is 20.4. The lowest BCUT2D eigenvalue weighted by Gasteiger charge is -2.31. The quantitative estimate of drug-likeness (QED) is 0.337. The maximum absolute atomic E-state index is 12.9. The number of amides is 1. The third-order valence-corrected chi connectivity index (χ3v) is 5.91. The highest BCUT2D eigenvalue weighted by Gasteiger charge is 2.19. The molecule has 0 saturated carbocycles. The fourth-order valence-electron chi connectivity index (χ4n) is 3.77. The van der Waals surface area contributed by atoms with E-state index in [1.165, 1.54) is 5.56 Å². The van der Waals surface area contributed by atoms with Gasteiger partial charge in [0.1, 0.15) is 6.61 Å². The molecular weight excluding hydrogens is 430 g/mol. The van der Waals surface area contributed by atoms with Crippen LogP contribution in [0, 0.1) is 5.41 Å². The molecule has 0 aliphatic carbocycles. The number of carbonyl (C=O) groups excluding carboxylic acids is 1. The molecule has 2 aromatic carbocycles. The summed E-state index contributed by atoms with van der Waals surface area (Å²) in [5.41, 5.74) is 4.30. The molecule has 3 aromatic rings. The molecule has 5 nitrogen and oxygen atoms in total. The molecule has 33 heavy (non-hydrogen) atoms. The SMILES string of the molecule is CC(C)(C)CN(CCCN(Cc1cncs1)C(=O)OCc1ccccc1)Cc1ccccc1. The van der Waals surface area contributed by atoms with E-state index in [9.17, 15) is 4.79 Å². The molecule has 3 rings (SSSR count). The number of benzene rings is 2. The van der Waals surface area contributed by atoms with Crippen molar-refractivity contribution in [1.82, 2.24) is 14.8 Å². The number of nitrogens with zero attached hydrogens (tertiary/aromatic N) is 3. The van der Waals surface area contributed by atoms with Crippen molar-refractivity contribution < 1.29 is 9.53 Å². The summed E-state index contributed by atoms with van der Waals surface area (Å²) in [6.07, 6.45) is 2.42. The molecule has 1 amide bonds. The van der Waals surface area contributed by atoms with Gasteiger partial charge in [-0.05, 0) is 23.0 Å². The number of hydrogen-bond donors (Lipinski definition) is 0. The lowest BCUT2D eigenvalue weighted by atomic mass is 9.95. The zero-order valence-electron chi connectivity index (χ0n) is 19.9. The van der Waals surface area contributed by atoms with Crippen LogP contribution in [0.1, 0.15) is 43.2 Å². The zero-order chi connectivity index (χ0) is 23.5. The monoisotopic (exact) mass is 465 g/mol. The number of hydrogen-bond acceptors (Lipinski definition) is 5. The largest absolute Gasteiger partial charge is 0.445 e. The molecule has 0 aliphatic heterocycles. The van der Waals surface area contributed by atoms with Crippen LogP contribution in [-0.4, -0.2) is 40.5 Å². The maximum atomic E-state index is 12.9. The van der Waals surface area contributed by atoms with E-state index in [0.29, 0.717) is 13.1 Å². The fraction of sp³-hybridized carbons (Fsp3) is 0.407. The van der Waals surface area contributed by atoms with Gasteiger partial charge in [-0.3, -0.25) is 9.88 Å². The standard InChI is InChI=1S/C27H35N3O2S/c1-27(2,3)21-29(18-23-11-6-4-7-12-23)15-10-16-30(19-25-17-28-22-33-25)26(31)32-20-24-13-8-5-9-14-24/h4-9,11-14,17,22H,10,15-16,18-21H2,1-3H3. The third-order valence-electron chi connectivity index (χ3n) is 5.14. The van der Waals surface area contributed by atoms with Crippen molar-refractivity contribution in [2.45, 2.75) is 46.9 Å². The Morgan fingerprint density at radius 2 is 1.61 bits per heavy atom. The molecule has 0 atom stereocenters. The number of rotatable bonds is 11. The summed E-state index contributed by atoms with van der Waals surface area (Å²) in [5, 5.41) is 0. The van der Waals surface area contributed by atoms with Crippen LogP contribution in [0.3, 0.4) is 0 Å². The molecule has 0 unspecified atom stereocenters. The van der Waals surface area contributed by atoms with Crippen molar-refractivity contribution in [2.75, 3.05) is 19.6 Å². The second-order valence-corrected chi connectivity index (χ2v) is 10.5. The number of carbonyl (C=O) groups is 1. The second kappa shape index (κ2) is 12.5. The lowest BCUT2D eigenvalue weighted by molar-refractivity contribution is 0.0906. The van der Waals surface area contributed by atoms with Crippen molar-refractivity contribution in [3.8, 4) is 0 Å². The fourth-order valence-corrected chi connectivity index (χ4v) is 4.37. The third kappa shape index (κ3) is 9.36. The van der Waals surface area contributed by atoms with Gasteiger partial charge in [0.05, 0.1) is 12.1 Å². The minimum absolute atomic E-state index is 0.200. The van der Waals surface area contributed by atoms with Crippen molar-refractivity contribution in [1.29, 1.82) is 0 Å². The van der Waals surface area contributed by atoms with Crippen LogP contribution < -0.4 is 0 Å². The van der Waals surface area contributed by atoms with E-state index in [4.69, 9.17) is 4.74 Å². The molecule has 1 heterocycles. The summed E-state index contributed by atoms with van der Waals surface area (Å²) >= 11 is 1.56. The average molecular weight is 466 g/mol. The van der Waals surface area contributed by atoms with Gasteiger partial charge < -0.3 is 9.64 Å². The predicted octanol–water partition coefficient (Wildman–Crippen LogP) is 6.22. The van der Waals surface area contributed by atoms with Gasteiger partial charge >= 0.3 is 6.09 Å². The molecule has 0 bridgehead atoms. The van der Waals surface area contributed by atoms with E-state index in [1.54, 1.807) is 21.7 Å². The van der Waals surface area contributed by atoms with Crippen LogP contribution in [0.5, 0.6) is 0 Å². The Morgan fingerprint density at radius 3 is 2.21 bits per heavy atom. The Morgan fingerprint density at radius 1 is 0.939 bits per heavy atom. The first-order valence-electron chi connectivity index (χ1n) is 11.5.